The Labute approximate surface area is 378 Å². The first kappa shape index (κ1) is 55.1. The van der Waals surface area contributed by atoms with E-state index in [1.165, 1.54) is 0 Å². The summed E-state index contributed by atoms with van der Waals surface area (Å²) in [5.41, 5.74) is 0. The van der Waals surface area contributed by atoms with Crippen LogP contribution >= 0.6 is 0 Å². The molecule has 0 radical (unpaired) electrons. The Bertz CT molecular complexity index is 1590. The second-order valence-electron chi connectivity index (χ2n) is 17.1. The molecule has 0 aromatic heterocycles. The fourth-order valence-electron chi connectivity index (χ4n) is 8.67. The Hall–Kier alpha value is -1.24. The zero-order valence-electron chi connectivity index (χ0n) is 35.3. The minimum absolute atomic E-state index is 0.846. The van der Waals surface area contributed by atoms with Crippen LogP contribution in [0.5, 0.6) is 0 Å². The van der Waals surface area contributed by atoms with Gasteiger partial charge in [-0.2, -0.15) is 0 Å². The van der Waals surface area contributed by atoms with Gasteiger partial charge in [0, 0.05) is 0 Å². The van der Waals surface area contributed by atoms with E-state index in [-0.39, 0.29) is 0 Å². The van der Waals surface area contributed by atoms with Crippen molar-refractivity contribution >= 4 is 0 Å². The lowest BCUT2D eigenvalue weighted by Gasteiger charge is -2.44. The van der Waals surface area contributed by atoms with Crippen LogP contribution in [0.15, 0.2) is 0 Å². The van der Waals surface area contributed by atoms with Crippen molar-refractivity contribution in [1.82, 2.24) is 0 Å². The first-order valence-corrected chi connectivity index (χ1v) is 21.0. The van der Waals surface area contributed by atoms with Gasteiger partial charge in [0.2, 0.25) is 28.9 Å². The maximum absolute atomic E-state index is 11.6. The van der Waals surface area contributed by atoms with Gasteiger partial charge in [0.1, 0.15) is 149 Å². The molecule has 6 saturated heterocycles. The Morgan fingerprint density at radius 3 is 1.01 bits per heavy atom. The van der Waals surface area contributed by atoms with Crippen molar-refractivity contribution in [2.75, 3.05) is 72.7 Å². The molecule has 6 aliphatic rings. The van der Waals surface area contributed by atoms with E-state index in [1.54, 1.807) is 0 Å². The van der Waals surface area contributed by atoms with E-state index < -0.39 is 224 Å². The lowest BCUT2D eigenvalue weighted by molar-refractivity contribution is -0.401. The highest BCUT2D eigenvalue weighted by Gasteiger charge is 2.65. The van der Waals surface area contributed by atoms with Gasteiger partial charge in [0.15, 0.2) is 6.29 Å². The molecule has 6 heterocycles. The van der Waals surface area contributed by atoms with Gasteiger partial charge in [-0.05, 0) is 0 Å². The van der Waals surface area contributed by atoms with Crippen LogP contribution in [-0.2, 0) is 52.1 Å². The molecule has 0 aromatic carbocycles. The molecule has 6 fully saturated rings. The van der Waals surface area contributed by atoms with E-state index in [2.05, 4.69) is 0 Å². The summed E-state index contributed by atoms with van der Waals surface area (Å²) in [6, 6.07) is 0. The van der Waals surface area contributed by atoms with Crippen LogP contribution < -0.4 is 0 Å². The molecule has 0 bridgehead atoms. The fourth-order valence-corrected chi connectivity index (χ4v) is 8.67. The largest absolute Gasteiger partial charge is 0.394 e. The van der Waals surface area contributed by atoms with Gasteiger partial charge in [-0.3, -0.25) is 0 Å². The van der Waals surface area contributed by atoms with E-state index in [0.29, 0.717) is 0 Å². The molecule has 392 valence electrons. The van der Waals surface area contributed by atoms with Crippen molar-refractivity contribution in [3.05, 3.63) is 0 Å². The third-order valence-corrected chi connectivity index (χ3v) is 12.9. The number of aliphatic hydroxyl groups excluding tert-OH is 20. The van der Waals surface area contributed by atoms with Gasteiger partial charge in [0.05, 0.1) is 39.6 Å². The van der Waals surface area contributed by atoms with Gasteiger partial charge in [0.25, 0.3) is 0 Å². The first-order chi connectivity index (χ1) is 31.6. The van der Waals surface area contributed by atoms with Crippen LogP contribution in [0.3, 0.4) is 0 Å². The summed E-state index contributed by atoms with van der Waals surface area (Å²) in [6.07, 6.45) is -39.3. The molecular formula is C36H62O31. The smallest absolute Gasteiger partial charge is 0.224 e. The van der Waals surface area contributed by atoms with Gasteiger partial charge < -0.3 is 154 Å². The lowest BCUT2D eigenvalue weighted by atomic mass is 9.99. The normalized spacial score (nSPS) is 52.5. The minimum Gasteiger partial charge on any atom is -0.394 e. The van der Waals surface area contributed by atoms with Gasteiger partial charge in [-0.15, -0.1) is 0 Å². The maximum Gasteiger partial charge on any atom is 0.224 e. The number of rotatable bonds is 21. The van der Waals surface area contributed by atoms with Gasteiger partial charge in [-0.1, -0.05) is 0 Å². The Balaban J connectivity index is 1.30. The number of ether oxygens (including phenoxy) is 11. The molecule has 0 spiro atoms. The average Bonchev–Trinajstić information content (AvgIpc) is 4.00. The van der Waals surface area contributed by atoms with E-state index in [9.17, 15) is 102 Å². The fraction of sp³-hybridized carbons (Fsp3) is 1.00. The molecule has 67 heavy (non-hydrogen) atoms. The molecule has 25 atom stereocenters. The van der Waals surface area contributed by atoms with Crippen LogP contribution in [0.25, 0.3) is 0 Å². The average molecular weight is 991 g/mol. The summed E-state index contributed by atoms with van der Waals surface area (Å²) in [5, 5.41) is 211. The number of aliphatic hydroxyl groups is 20. The molecule has 31 nitrogen and oxygen atoms in total. The molecule has 0 aliphatic carbocycles. The van der Waals surface area contributed by atoms with Crippen molar-refractivity contribution in [1.29, 1.82) is 0 Å². The minimum atomic E-state index is -2.93. The van der Waals surface area contributed by atoms with Crippen molar-refractivity contribution in [3.8, 4) is 0 Å². The topological polar surface area (TPSA) is 506 Å². The molecule has 6 aliphatic heterocycles. The molecule has 20 N–H and O–H groups in total. The lowest BCUT2D eigenvalue weighted by Crippen LogP contribution is -2.63. The van der Waals surface area contributed by atoms with Crippen molar-refractivity contribution < 1.29 is 154 Å². The first-order valence-electron chi connectivity index (χ1n) is 21.0. The highest BCUT2D eigenvalue weighted by atomic mass is 16.8. The van der Waals surface area contributed by atoms with Crippen molar-refractivity contribution in [2.24, 2.45) is 0 Å². The van der Waals surface area contributed by atoms with E-state index >= 15 is 0 Å². The SMILES string of the molecule is OC[C@H]1O[C@@](CO)(OC[C@H]2O[C@@](CO[C@]3(CO)O[C@H](CO)[C@@H](O)[C@@H]3O)(OC[C@H]3O[C@@](CO[C@]4(CO)O[C@H](CO)[C@@H](O)[C@@H]4O)(O[C@H]4O[C@H](CO)[C@@H](O)[C@H](O)[C@H]4O)[C@@H](O)[C@@H]3O)[C@@H](O)[C@@H]2O)[C@@H](O)[C@@H]1O. The summed E-state index contributed by atoms with van der Waals surface area (Å²) in [5.74, 6) is -13.4. The summed E-state index contributed by atoms with van der Waals surface area (Å²) in [6.45, 7) is -11.9. The molecule has 6 rings (SSSR count). The Morgan fingerprint density at radius 2 is 0.627 bits per heavy atom. The van der Waals surface area contributed by atoms with Crippen molar-refractivity contribution in [2.45, 2.75) is 151 Å². The summed E-state index contributed by atoms with van der Waals surface area (Å²) in [7, 11) is 0. The Morgan fingerprint density at radius 1 is 0.313 bits per heavy atom. The maximum atomic E-state index is 11.6. The van der Waals surface area contributed by atoms with Crippen LogP contribution in [0, 0.1) is 0 Å². The van der Waals surface area contributed by atoms with Gasteiger partial charge >= 0.3 is 0 Å². The van der Waals surface area contributed by atoms with Crippen LogP contribution in [-0.4, -0.2) is 326 Å². The quantitative estimate of drug-likeness (QED) is 0.0508. The van der Waals surface area contributed by atoms with Crippen LogP contribution in [0.1, 0.15) is 0 Å². The molecule has 0 aromatic rings. The van der Waals surface area contributed by atoms with Gasteiger partial charge in [-0.25, -0.2) is 0 Å². The molecule has 0 amide bonds. The highest BCUT2D eigenvalue weighted by Crippen LogP contribution is 2.43. The highest BCUT2D eigenvalue weighted by molar-refractivity contribution is 5.05. The second-order valence-corrected chi connectivity index (χ2v) is 17.1. The van der Waals surface area contributed by atoms with Crippen molar-refractivity contribution in [3.63, 3.8) is 0 Å². The number of hydrogen-bond donors (Lipinski definition) is 20. The Kier molecular flexibility index (Phi) is 17.6. The standard InChI is InChI=1S/C36H62O31/c37-1-12-18(44)24(50)25(51)31(61-12)67-36(11-60-34(9-43)28(54)21(47)15(4-40)64-34)30(56)23(49)17(66-36)6-58-35(10-59-33(8-42)27(53)20(46)14(3-39)63-33)29(55)22(48)16(65-35)5-57-32(7-41)26(52)19(45)13(2-38)62-32/h12-31,37-56H,1-11H2/t12-,13-,14-,15-,16-,17-,18-,19-,20-,21-,22-,23-,24+,25-,26+,27+,28+,29+,30+,31-,32-,33-,34-,35-,36+/m1/s1. The third kappa shape index (κ3) is 9.75. The summed E-state index contributed by atoms with van der Waals surface area (Å²) < 4.78 is 62.0. The molecule has 31 heteroatoms. The number of hydrogen-bond acceptors (Lipinski definition) is 31. The van der Waals surface area contributed by atoms with Crippen LogP contribution in [0.2, 0.25) is 0 Å². The summed E-state index contributed by atoms with van der Waals surface area (Å²) >= 11 is 0. The molecule has 0 saturated carbocycles. The monoisotopic (exact) mass is 990 g/mol. The second kappa shape index (κ2) is 21.5. The zero-order valence-corrected chi connectivity index (χ0v) is 35.3. The van der Waals surface area contributed by atoms with E-state index in [0.717, 1.165) is 0 Å². The van der Waals surface area contributed by atoms with E-state index in [1.807, 2.05) is 0 Å². The van der Waals surface area contributed by atoms with E-state index in [4.69, 9.17) is 52.1 Å². The van der Waals surface area contributed by atoms with Crippen LogP contribution in [0.4, 0.5) is 0 Å². The summed E-state index contributed by atoms with van der Waals surface area (Å²) in [4.78, 5) is 0. The third-order valence-electron chi connectivity index (χ3n) is 12.9. The molecular weight excluding hydrogens is 928 g/mol. The predicted octanol–water partition coefficient (Wildman–Crippen LogP) is -14.1. The predicted molar refractivity (Wildman–Crippen MR) is 199 cm³/mol. The molecule has 0 unspecified atom stereocenters. The zero-order chi connectivity index (χ0) is 49.6.